The highest BCUT2D eigenvalue weighted by atomic mass is 32.1. The van der Waals surface area contributed by atoms with Gasteiger partial charge in [-0.3, -0.25) is 0 Å². The van der Waals surface area contributed by atoms with Gasteiger partial charge in [0.15, 0.2) is 0 Å². The summed E-state index contributed by atoms with van der Waals surface area (Å²) in [6, 6.07) is 0.325. The predicted molar refractivity (Wildman–Crippen MR) is 69.8 cm³/mol. The fraction of sp³-hybridized carbons (Fsp3) is 0.833. The molecular formula is C12H23N3S. The van der Waals surface area contributed by atoms with Gasteiger partial charge in [-0.1, -0.05) is 43.9 Å². The second kappa shape index (κ2) is 7.74. The monoisotopic (exact) mass is 241 g/mol. The number of aryl methyl sites for hydroxylation is 1. The maximum absolute atomic E-state index is 4.23. The molecule has 1 aromatic heterocycles. The van der Waals surface area contributed by atoms with Gasteiger partial charge in [0.1, 0.15) is 10.0 Å². The second-order valence-electron chi connectivity index (χ2n) is 4.21. The molecule has 3 nitrogen and oxygen atoms in total. The quantitative estimate of drug-likeness (QED) is 0.709. The zero-order valence-corrected chi connectivity index (χ0v) is 11.4. The van der Waals surface area contributed by atoms with Crippen molar-refractivity contribution in [1.82, 2.24) is 15.5 Å². The van der Waals surface area contributed by atoms with Gasteiger partial charge < -0.3 is 5.32 Å². The lowest BCUT2D eigenvalue weighted by molar-refractivity contribution is 0.626. The van der Waals surface area contributed by atoms with Gasteiger partial charge in [-0.05, 0) is 20.4 Å². The molecule has 0 aliphatic rings. The summed E-state index contributed by atoms with van der Waals surface area (Å²) in [5.74, 6) is 0. The van der Waals surface area contributed by atoms with Gasteiger partial charge in [-0.25, -0.2) is 0 Å². The Labute approximate surface area is 103 Å². The summed E-state index contributed by atoms with van der Waals surface area (Å²) in [5, 5.41) is 13.9. The van der Waals surface area contributed by atoms with Gasteiger partial charge in [-0.15, -0.1) is 10.2 Å². The Morgan fingerprint density at radius 2 is 1.94 bits per heavy atom. The minimum atomic E-state index is 0.325. The van der Waals surface area contributed by atoms with Crippen LogP contribution in [0.1, 0.15) is 62.0 Å². The Balaban J connectivity index is 2.24. The summed E-state index contributed by atoms with van der Waals surface area (Å²) in [4.78, 5) is 0. The maximum atomic E-state index is 4.23. The first-order valence-corrected chi connectivity index (χ1v) is 7.09. The van der Waals surface area contributed by atoms with Crippen LogP contribution in [0.5, 0.6) is 0 Å². The van der Waals surface area contributed by atoms with Gasteiger partial charge in [0, 0.05) is 6.42 Å². The molecule has 0 saturated heterocycles. The van der Waals surface area contributed by atoms with Gasteiger partial charge in [-0.2, -0.15) is 0 Å². The molecule has 1 rings (SSSR count). The lowest BCUT2D eigenvalue weighted by Gasteiger charge is -2.02. The van der Waals surface area contributed by atoms with Gasteiger partial charge >= 0.3 is 0 Å². The number of aromatic nitrogens is 2. The molecule has 16 heavy (non-hydrogen) atoms. The van der Waals surface area contributed by atoms with E-state index in [1.54, 1.807) is 11.3 Å². The highest BCUT2D eigenvalue weighted by Crippen LogP contribution is 2.19. The molecule has 0 amide bonds. The molecule has 1 aromatic rings. The molecule has 0 radical (unpaired) electrons. The Morgan fingerprint density at radius 1 is 1.19 bits per heavy atom. The first-order valence-electron chi connectivity index (χ1n) is 6.27. The summed E-state index contributed by atoms with van der Waals surface area (Å²) < 4.78 is 0. The summed E-state index contributed by atoms with van der Waals surface area (Å²) in [7, 11) is 1.95. The van der Waals surface area contributed by atoms with E-state index in [0.717, 1.165) is 11.4 Å². The second-order valence-corrected chi connectivity index (χ2v) is 5.30. The number of hydrogen-bond donors (Lipinski definition) is 1. The zero-order valence-electron chi connectivity index (χ0n) is 10.6. The minimum absolute atomic E-state index is 0.325. The van der Waals surface area contributed by atoms with E-state index in [2.05, 4.69) is 29.4 Å². The van der Waals surface area contributed by atoms with Gasteiger partial charge in [0.25, 0.3) is 0 Å². The van der Waals surface area contributed by atoms with Crippen LogP contribution in [0.3, 0.4) is 0 Å². The molecule has 0 spiro atoms. The summed E-state index contributed by atoms with van der Waals surface area (Å²) in [5.41, 5.74) is 0. The molecule has 0 aliphatic carbocycles. The Morgan fingerprint density at radius 3 is 2.62 bits per heavy atom. The minimum Gasteiger partial charge on any atom is -0.311 e. The fourth-order valence-electron chi connectivity index (χ4n) is 1.55. The van der Waals surface area contributed by atoms with Crippen molar-refractivity contribution in [2.45, 2.75) is 58.4 Å². The highest BCUT2D eigenvalue weighted by molar-refractivity contribution is 7.11. The molecule has 1 atom stereocenters. The van der Waals surface area contributed by atoms with Crippen LogP contribution in [0, 0.1) is 0 Å². The molecule has 0 bridgehead atoms. The van der Waals surface area contributed by atoms with Crippen molar-refractivity contribution < 1.29 is 0 Å². The number of hydrogen-bond acceptors (Lipinski definition) is 4. The van der Waals surface area contributed by atoms with Crippen molar-refractivity contribution >= 4 is 11.3 Å². The average Bonchev–Trinajstić information content (AvgIpc) is 2.76. The van der Waals surface area contributed by atoms with Crippen LogP contribution in [-0.2, 0) is 6.42 Å². The third-order valence-electron chi connectivity index (χ3n) is 2.78. The third kappa shape index (κ3) is 4.58. The highest BCUT2D eigenvalue weighted by Gasteiger charge is 2.09. The standard InChI is InChI=1S/C12H23N3S/c1-4-5-6-7-8-9-11-14-15-12(16-11)10(2)13-3/h10,13H,4-9H2,1-3H3. The van der Waals surface area contributed by atoms with Crippen LogP contribution in [0.15, 0.2) is 0 Å². The number of rotatable bonds is 8. The number of nitrogens with zero attached hydrogens (tertiary/aromatic N) is 2. The number of unbranched alkanes of at least 4 members (excludes halogenated alkanes) is 4. The van der Waals surface area contributed by atoms with Crippen molar-refractivity contribution in [2.24, 2.45) is 0 Å². The first-order chi connectivity index (χ1) is 7.77. The Kier molecular flexibility index (Phi) is 6.57. The predicted octanol–water partition coefficient (Wildman–Crippen LogP) is 3.33. The molecule has 0 aromatic carbocycles. The lowest BCUT2D eigenvalue weighted by atomic mass is 10.1. The van der Waals surface area contributed by atoms with E-state index in [1.165, 1.54) is 37.1 Å². The number of nitrogens with one attached hydrogen (secondary N) is 1. The molecule has 4 heteroatoms. The van der Waals surface area contributed by atoms with E-state index in [9.17, 15) is 0 Å². The van der Waals surface area contributed by atoms with E-state index in [0.29, 0.717) is 6.04 Å². The first kappa shape index (κ1) is 13.6. The Hall–Kier alpha value is -0.480. The summed E-state index contributed by atoms with van der Waals surface area (Å²) in [6.45, 7) is 4.36. The normalized spacial score (nSPS) is 12.9. The van der Waals surface area contributed by atoms with Gasteiger partial charge in [0.05, 0.1) is 6.04 Å². The van der Waals surface area contributed by atoms with Crippen molar-refractivity contribution in [3.8, 4) is 0 Å². The molecule has 1 heterocycles. The third-order valence-corrected chi connectivity index (χ3v) is 3.95. The SMILES string of the molecule is CCCCCCCc1nnc(C(C)NC)s1. The lowest BCUT2D eigenvalue weighted by Crippen LogP contribution is -2.11. The average molecular weight is 241 g/mol. The van der Waals surface area contributed by atoms with Crippen molar-refractivity contribution in [2.75, 3.05) is 7.05 Å². The molecule has 0 saturated carbocycles. The van der Waals surface area contributed by atoms with Crippen LogP contribution in [-0.4, -0.2) is 17.2 Å². The van der Waals surface area contributed by atoms with Gasteiger partial charge in [0.2, 0.25) is 0 Å². The molecule has 1 N–H and O–H groups in total. The van der Waals surface area contributed by atoms with Crippen LogP contribution in [0.2, 0.25) is 0 Å². The smallest absolute Gasteiger partial charge is 0.134 e. The zero-order chi connectivity index (χ0) is 11.8. The van der Waals surface area contributed by atoms with E-state index in [-0.39, 0.29) is 0 Å². The molecule has 92 valence electrons. The van der Waals surface area contributed by atoms with Crippen molar-refractivity contribution in [1.29, 1.82) is 0 Å². The topological polar surface area (TPSA) is 37.8 Å². The molecular weight excluding hydrogens is 218 g/mol. The van der Waals surface area contributed by atoms with Crippen LogP contribution < -0.4 is 5.32 Å². The van der Waals surface area contributed by atoms with Crippen molar-refractivity contribution in [3.63, 3.8) is 0 Å². The summed E-state index contributed by atoms with van der Waals surface area (Å²) >= 11 is 1.74. The molecule has 1 unspecified atom stereocenters. The van der Waals surface area contributed by atoms with Crippen LogP contribution in [0.25, 0.3) is 0 Å². The molecule has 0 aliphatic heterocycles. The Bertz CT molecular complexity index is 286. The van der Waals surface area contributed by atoms with E-state index in [1.807, 2.05) is 7.05 Å². The largest absolute Gasteiger partial charge is 0.311 e. The molecule has 0 fully saturated rings. The van der Waals surface area contributed by atoms with Crippen LogP contribution in [0.4, 0.5) is 0 Å². The van der Waals surface area contributed by atoms with E-state index < -0.39 is 0 Å². The van der Waals surface area contributed by atoms with E-state index in [4.69, 9.17) is 0 Å². The fourth-order valence-corrected chi connectivity index (χ4v) is 2.49. The van der Waals surface area contributed by atoms with Crippen LogP contribution >= 0.6 is 11.3 Å². The maximum Gasteiger partial charge on any atom is 0.134 e. The van der Waals surface area contributed by atoms with Crippen molar-refractivity contribution in [3.05, 3.63) is 10.0 Å². The van der Waals surface area contributed by atoms with E-state index >= 15 is 0 Å². The summed E-state index contributed by atoms with van der Waals surface area (Å²) in [6.07, 6.45) is 7.70.